The van der Waals surface area contributed by atoms with Gasteiger partial charge in [-0.3, -0.25) is 4.79 Å². The molecule has 1 aliphatic heterocycles. The molecule has 0 spiro atoms. The summed E-state index contributed by atoms with van der Waals surface area (Å²) in [7, 11) is 3.98. The number of rotatable bonds is 4. The molecule has 0 aromatic heterocycles. The second kappa shape index (κ2) is 8.16. The van der Waals surface area contributed by atoms with Gasteiger partial charge in [0.05, 0.1) is 11.1 Å². The van der Waals surface area contributed by atoms with Crippen LogP contribution in [0.2, 0.25) is 0 Å². The number of nitrogens with zero attached hydrogens (tertiary/aromatic N) is 3. The second-order valence-electron chi connectivity index (χ2n) is 5.78. The Balaban J connectivity index is 1.77. The molecule has 0 atom stereocenters. The fourth-order valence-electron chi connectivity index (χ4n) is 2.29. The van der Waals surface area contributed by atoms with Gasteiger partial charge in [0, 0.05) is 24.3 Å². The van der Waals surface area contributed by atoms with E-state index in [1.165, 1.54) is 16.8 Å². The Hall–Kier alpha value is -1.96. The lowest BCUT2D eigenvalue weighted by molar-refractivity contribution is -0.122. The molecule has 3 rings (SSSR count). The van der Waals surface area contributed by atoms with Gasteiger partial charge in [0.15, 0.2) is 4.32 Å². The Morgan fingerprint density at radius 1 is 1.15 bits per heavy atom. The predicted octanol–water partition coefficient (Wildman–Crippen LogP) is 4.75. The van der Waals surface area contributed by atoms with E-state index in [1.54, 1.807) is 6.21 Å². The van der Waals surface area contributed by atoms with Gasteiger partial charge in [-0.05, 0) is 53.7 Å². The summed E-state index contributed by atoms with van der Waals surface area (Å²) in [6.07, 6.45) is 3.47. The molecule has 0 N–H and O–H groups in total. The van der Waals surface area contributed by atoms with Crippen molar-refractivity contribution in [2.75, 3.05) is 19.0 Å². The summed E-state index contributed by atoms with van der Waals surface area (Å²) in [5.41, 5.74) is 2.94. The van der Waals surface area contributed by atoms with Crippen molar-refractivity contribution in [2.24, 2.45) is 5.10 Å². The minimum Gasteiger partial charge on any atom is -0.378 e. The van der Waals surface area contributed by atoms with Crippen molar-refractivity contribution in [3.05, 3.63) is 69.0 Å². The highest BCUT2D eigenvalue weighted by atomic mass is 79.9. The van der Waals surface area contributed by atoms with Gasteiger partial charge >= 0.3 is 0 Å². The summed E-state index contributed by atoms with van der Waals surface area (Å²) in [5, 5.41) is 5.52. The smallest absolute Gasteiger partial charge is 0.286 e. The van der Waals surface area contributed by atoms with Gasteiger partial charge in [-0.1, -0.05) is 52.0 Å². The number of hydrogen-bond donors (Lipinski definition) is 0. The Morgan fingerprint density at radius 3 is 2.54 bits per heavy atom. The number of carbonyl (C=O) groups is 1. The fourth-order valence-corrected chi connectivity index (χ4v) is 3.88. The molecule has 1 fully saturated rings. The molecular formula is C19H16BrN3OS2. The van der Waals surface area contributed by atoms with Gasteiger partial charge in [0.25, 0.3) is 5.91 Å². The minimum absolute atomic E-state index is 0.206. The lowest BCUT2D eigenvalue weighted by Gasteiger charge is -2.11. The zero-order valence-electron chi connectivity index (χ0n) is 14.2. The topological polar surface area (TPSA) is 35.9 Å². The number of halogens is 1. The second-order valence-corrected chi connectivity index (χ2v) is 8.37. The molecule has 1 saturated heterocycles. The summed E-state index contributed by atoms with van der Waals surface area (Å²) in [5.74, 6) is -0.206. The van der Waals surface area contributed by atoms with Crippen LogP contribution < -0.4 is 4.90 Å². The van der Waals surface area contributed by atoms with Gasteiger partial charge in [-0.15, -0.1) is 0 Å². The van der Waals surface area contributed by atoms with E-state index in [9.17, 15) is 4.79 Å². The average Bonchev–Trinajstić information content (AvgIpc) is 2.87. The molecule has 7 heteroatoms. The molecule has 1 aliphatic rings. The van der Waals surface area contributed by atoms with Gasteiger partial charge in [-0.25, -0.2) is 0 Å². The van der Waals surface area contributed by atoms with Gasteiger partial charge < -0.3 is 4.90 Å². The van der Waals surface area contributed by atoms with Crippen molar-refractivity contribution in [3.8, 4) is 0 Å². The van der Waals surface area contributed by atoms with Crippen LogP contribution in [0.25, 0.3) is 6.08 Å². The van der Waals surface area contributed by atoms with Crippen molar-refractivity contribution in [2.45, 2.75) is 0 Å². The maximum Gasteiger partial charge on any atom is 0.286 e. The molecule has 1 amide bonds. The first-order chi connectivity index (χ1) is 12.4. The third kappa shape index (κ3) is 4.41. The Bertz CT molecular complexity index is 907. The monoisotopic (exact) mass is 445 g/mol. The highest BCUT2D eigenvalue weighted by Crippen LogP contribution is 2.33. The summed E-state index contributed by atoms with van der Waals surface area (Å²) in [4.78, 5) is 15.2. The number of anilines is 1. The standard InChI is InChI=1S/C19H16BrN3OS2/c1-22(2)16-8-6-13(7-9-16)11-17-18(24)23(19(25)26-17)21-12-14-4-3-5-15(20)10-14/h3-12H,1-2H3. The third-order valence-corrected chi connectivity index (χ3v) is 5.43. The number of thiocarbonyl (C=S) groups is 1. The highest BCUT2D eigenvalue weighted by Gasteiger charge is 2.31. The Labute approximate surface area is 170 Å². The van der Waals surface area contributed by atoms with E-state index < -0.39 is 0 Å². The van der Waals surface area contributed by atoms with Crippen molar-refractivity contribution >= 4 is 68.1 Å². The normalized spacial score (nSPS) is 16.1. The predicted molar refractivity (Wildman–Crippen MR) is 118 cm³/mol. The summed E-state index contributed by atoms with van der Waals surface area (Å²) in [6, 6.07) is 15.7. The van der Waals surface area contributed by atoms with Crippen molar-refractivity contribution in [3.63, 3.8) is 0 Å². The quantitative estimate of drug-likeness (QED) is 0.386. The van der Waals surface area contributed by atoms with Gasteiger partial charge in [0.1, 0.15) is 0 Å². The third-order valence-electron chi connectivity index (χ3n) is 3.65. The van der Waals surface area contributed by atoms with Gasteiger partial charge in [0.2, 0.25) is 0 Å². The fraction of sp³-hybridized carbons (Fsp3) is 0.105. The number of benzene rings is 2. The zero-order valence-corrected chi connectivity index (χ0v) is 17.4. The molecule has 0 radical (unpaired) electrons. The number of carbonyl (C=O) groups excluding carboxylic acids is 1. The highest BCUT2D eigenvalue weighted by molar-refractivity contribution is 9.10. The van der Waals surface area contributed by atoms with E-state index >= 15 is 0 Å². The summed E-state index contributed by atoms with van der Waals surface area (Å²) < 4.78 is 1.38. The summed E-state index contributed by atoms with van der Waals surface area (Å²) in [6.45, 7) is 0. The van der Waals surface area contributed by atoms with Crippen molar-refractivity contribution < 1.29 is 4.79 Å². The van der Waals surface area contributed by atoms with E-state index in [0.29, 0.717) is 9.23 Å². The molecule has 0 saturated carbocycles. The van der Waals surface area contributed by atoms with Crippen LogP contribution in [0.1, 0.15) is 11.1 Å². The van der Waals surface area contributed by atoms with Crippen LogP contribution in [0, 0.1) is 0 Å². The molecule has 2 aromatic rings. The number of hydrazone groups is 1. The van der Waals surface area contributed by atoms with Gasteiger partial charge in [-0.2, -0.15) is 10.1 Å². The first-order valence-corrected chi connectivity index (χ1v) is 9.81. The van der Waals surface area contributed by atoms with E-state index in [4.69, 9.17) is 12.2 Å². The van der Waals surface area contributed by atoms with Crippen molar-refractivity contribution in [1.29, 1.82) is 0 Å². The maximum absolute atomic E-state index is 12.6. The number of thioether (sulfide) groups is 1. The molecular weight excluding hydrogens is 430 g/mol. The molecule has 1 heterocycles. The van der Waals surface area contributed by atoms with E-state index in [2.05, 4.69) is 21.0 Å². The Kier molecular flexibility index (Phi) is 5.90. The summed E-state index contributed by atoms with van der Waals surface area (Å²) >= 11 is 9.98. The molecule has 0 unspecified atom stereocenters. The van der Waals surface area contributed by atoms with Crippen molar-refractivity contribution in [1.82, 2.24) is 5.01 Å². The molecule has 2 aromatic carbocycles. The van der Waals surface area contributed by atoms with Crippen LogP contribution >= 0.6 is 39.9 Å². The van der Waals surface area contributed by atoms with E-state index in [0.717, 1.165) is 21.3 Å². The van der Waals surface area contributed by atoms with E-state index in [-0.39, 0.29) is 5.91 Å². The first kappa shape index (κ1) is 18.8. The molecule has 4 nitrogen and oxygen atoms in total. The lowest BCUT2D eigenvalue weighted by Crippen LogP contribution is -2.22. The average molecular weight is 446 g/mol. The molecule has 0 aliphatic carbocycles. The van der Waals surface area contributed by atoms with E-state index in [1.807, 2.05) is 73.6 Å². The minimum atomic E-state index is -0.206. The van der Waals surface area contributed by atoms with Crippen LogP contribution in [-0.2, 0) is 4.79 Å². The van der Waals surface area contributed by atoms with Crippen LogP contribution in [0.15, 0.2) is 63.0 Å². The maximum atomic E-state index is 12.6. The van der Waals surface area contributed by atoms with Crippen LogP contribution in [0.5, 0.6) is 0 Å². The molecule has 132 valence electrons. The molecule has 0 bridgehead atoms. The zero-order chi connectivity index (χ0) is 18.7. The molecule has 26 heavy (non-hydrogen) atoms. The number of hydrogen-bond acceptors (Lipinski definition) is 5. The SMILES string of the molecule is CN(C)c1ccc(C=C2SC(=S)N(N=Cc3cccc(Br)c3)C2=O)cc1. The Morgan fingerprint density at radius 2 is 1.88 bits per heavy atom. The first-order valence-electron chi connectivity index (χ1n) is 7.79. The lowest BCUT2D eigenvalue weighted by atomic mass is 10.2. The largest absolute Gasteiger partial charge is 0.378 e. The van der Waals surface area contributed by atoms with Crippen LogP contribution in [0.3, 0.4) is 0 Å². The van der Waals surface area contributed by atoms with Crippen LogP contribution in [0.4, 0.5) is 5.69 Å². The van der Waals surface area contributed by atoms with Crippen LogP contribution in [-0.4, -0.2) is 35.5 Å². The number of amides is 1.